The number of pyridine rings is 1. The fraction of sp³-hybridized carbons (Fsp3) is 0.545. The molecule has 2 aromatic heterocycles. The summed E-state index contributed by atoms with van der Waals surface area (Å²) in [5.41, 5.74) is 1.24. The van der Waals surface area contributed by atoms with E-state index in [1.807, 2.05) is 31.3 Å². The zero-order valence-corrected chi connectivity index (χ0v) is 19.7. The van der Waals surface area contributed by atoms with Crippen LogP contribution in [-0.4, -0.2) is 58.0 Å². The monoisotopic (exact) mass is 461 g/mol. The van der Waals surface area contributed by atoms with Gasteiger partial charge in [-0.25, -0.2) is 4.98 Å². The van der Waals surface area contributed by atoms with Gasteiger partial charge in [-0.05, 0) is 57.0 Å². The van der Waals surface area contributed by atoms with Gasteiger partial charge in [-0.2, -0.15) is 0 Å². The van der Waals surface area contributed by atoms with Crippen molar-refractivity contribution in [1.29, 1.82) is 0 Å². The van der Waals surface area contributed by atoms with E-state index < -0.39 is 0 Å². The van der Waals surface area contributed by atoms with Crippen LogP contribution in [0.1, 0.15) is 42.7 Å². The zero-order valence-electron chi connectivity index (χ0n) is 18.1. The first-order chi connectivity index (χ1) is 15.2. The van der Waals surface area contributed by atoms with Crippen LogP contribution in [0.3, 0.4) is 0 Å². The quantitative estimate of drug-likeness (QED) is 0.292. The van der Waals surface area contributed by atoms with Crippen molar-refractivity contribution in [2.45, 2.75) is 49.9 Å². The lowest BCUT2D eigenvalue weighted by Crippen LogP contribution is -2.29. The summed E-state index contributed by atoms with van der Waals surface area (Å²) in [6.07, 6.45) is 10.9. The molecule has 0 atom stereocenters. The Hall–Kier alpha value is -1.97. The lowest BCUT2D eigenvalue weighted by atomic mass is 10.1. The van der Waals surface area contributed by atoms with Gasteiger partial charge >= 0.3 is 0 Å². The lowest BCUT2D eigenvalue weighted by Gasteiger charge is -2.26. The number of amides is 1. The Morgan fingerprint density at radius 3 is 2.97 bits per heavy atom. The minimum absolute atomic E-state index is 0.0618. The van der Waals surface area contributed by atoms with E-state index in [2.05, 4.69) is 31.5 Å². The van der Waals surface area contributed by atoms with Crippen molar-refractivity contribution in [3.05, 3.63) is 41.1 Å². The molecule has 0 bridgehead atoms. The van der Waals surface area contributed by atoms with Gasteiger partial charge in [0.05, 0.1) is 0 Å². The molecule has 1 saturated heterocycles. The molecule has 168 valence electrons. The fourth-order valence-electron chi connectivity index (χ4n) is 3.28. The van der Waals surface area contributed by atoms with Crippen molar-refractivity contribution >= 4 is 29.0 Å². The summed E-state index contributed by atoms with van der Waals surface area (Å²) >= 11 is 3.24. The summed E-state index contributed by atoms with van der Waals surface area (Å²) in [5, 5.41) is 11.9. The van der Waals surface area contributed by atoms with Gasteiger partial charge in [0.15, 0.2) is 4.34 Å². The molecule has 0 aromatic carbocycles. The Kier molecular flexibility index (Phi) is 10.3. The average Bonchev–Trinajstić information content (AvgIpc) is 3.20. The normalized spacial score (nSPS) is 14.7. The molecule has 1 aliphatic rings. The van der Waals surface area contributed by atoms with Crippen LogP contribution in [-0.2, 0) is 11.3 Å². The molecule has 3 rings (SSSR count). The first-order valence-electron chi connectivity index (χ1n) is 10.8. The molecule has 1 amide bonds. The second kappa shape index (κ2) is 13.4. The number of nitrogens with zero attached hydrogens (tertiary/aromatic N) is 4. The summed E-state index contributed by atoms with van der Waals surface area (Å²) in [4.78, 5) is 18.7. The molecule has 9 heteroatoms. The second-order valence-electron chi connectivity index (χ2n) is 7.46. The Bertz CT molecular complexity index is 837. The smallest absolute Gasteiger partial charge is 0.220 e. The summed E-state index contributed by atoms with van der Waals surface area (Å²) in [5.74, 6) is 1.58. The third-order valence-corrected chi connectivity index (χ3v) is 6.90. The number of nitrogens with one attached hydrogen (secondary N) is 1. The van der Waals surface area contributed by atoms with E-state index in [4.69, 9.17) is 4.74 Å². The first-order valence-corrected chi connectivity index (χ1v) is 12.6. The standard InChI is InChI=1S/C22H31N5O2S2/c1-18-25-26-22(31-18)30-15-7-8-20(28)23-10-3-6-14-29-21-16-19(9-11-24-21)17-27-12-4-2-5-13-27/h3,6,9,11,16H,2,4-5,7-8,10,12-15,17H2,1H3,(H,23,28). The number of likely N-dealkylation sites (tertiary alicyclic amines) is 1. The van der Waals surface area contributed by atoms with Gasteiger partial charge in [0, 0.05) is 37.5 Å². The highest BCUT2D eigenvalue weighted by molar-refractivity contribution is 8.01. The van der Waals surface area contributed by atoms with E-state index in [1.165, 1.54) is 37.9 Å². The molecule has 0 unspecified atom stereocenters. The van der Waals surface area contributed by atoms with Crippen LogP contribution < -0.4 is 10.1 Å². The number of hydrogen-bond acceptors (Lipinski definition) is 8. The van der Waals surface area contributed by atoms with E-state index in [9.17, 15) is 4.79 Å². The highest BCUT2D eigenvalue weighted by Crippen LogP contribution is 2.22. The van der Waals surface area contributed by atoms with Crippen LogP contribution in [0.4, 0.5) is 0 Å². The molecule has 2 aromatic rings. The molecule has 3 heterocycles. The molecular formula is C22H31N5O2S2. The third kappa shape index (κ3) is 9.37. The number of rotatable bonds is 12. The maximum Gasteiger partial charge on any atom is 0.220 e. The number of ether oxygens (including phenoxy) is 1. The van der Waals surface area contributed by atoms with Gasteiger partial charge in [-0.3, -0.25) is 9.69 Å². The van der Waals surface area contributed by atoms with Crippen molar-refractivity contribution in [3.63, 3.8) is 0 Å². The molecule has 0 radical (unpaired) electrons. The predicted molar refractivity (Wildman–Crippen MR) is 126 cm³/mol. The molecule has 1 fully saturated rings. The third-order valence-electron chi connectivity index (χ3n) is 4.85. The van der Waals surface area contributed by atoms with Crippen molar-refractivity contribution in [1.82, 2.24) is 25.4 Å². The number of thioether (sulfide) groups is 1. The summed E-state index contributed by atoms with van der Waals surface area (Å²) in [6, 6.07) is 4.07. The lowest BCUT2D eigenvalue weighted by molar-refractivity contribution is -0.120. The summed E-state index contributed by atoms with van der Waals surface area (Å²) < 4.78 is 6.69. The fourth-order valence-corrected chi connectivity index (χ4v) is 5.10. The minimum atomic E-state index is 0.0618. The Morgan fingerprint density at radius 1 is 1.29 bits per heavy atom. The number of carbonyl (C=O) groups is 1. The van der Waals surface area contributed by atoms with E-state index >= 15 is 0 Å². The van der Waals surface area contributed by atoms with Crippen molar-refractivity contribution in [3.8, 4) is 5.88 Å². The highest BCUT2D eigenvalue weighted by Gasteiger charge is 2.10. The SMILES string of the molecule is Cc1nnc(SCCCC(=O)NCC=CCOc2cc(CN3CCCCC3)ccn2)s1. The van der Waals surface area contributed by atoms with Crippen LogP contribution in [0, 0.1) is 6.92 Å². The van der Waals surface area contributed by atoms with Gasteiger partial charge in [-0.1, -0.05) is 35.6 Å². The van der Waals surface area contributed by atoms with Gasteiger partial charge < -0.3 is 10.1 Å². The Balaban J connectivity index is 1.24. The summed E-state index contributed by atoms with van der Waals surface area (Å²) in [6.45, 7) is 6.20. The molecule has 0 aliphatic carbocycles. The molecule has 1 N–H and O–H groups in total. The van der Waals surface area contributed by atoms with Gasteiger partial charge in [0.1, 0.15) is 11.6 Å². The van der Waals surface area contributed by atoms with Crippen molar-refractivity contribution < 1.29 is 9.53 Å². The number of carbonyl (C=O) groups excluding carboxylic acids is 1. The second-order valence-corrected chi connectivity index (χ2v) is 9.99. The molecular weight excluding hydrogens is 430 g/mol. The predicted octanol–water partition coefficient (Wildman–Crippen LogP) is 3.85. The van der Waals surface area contributed by atoms with Crippen LogP contribution in [0.5, 0.6) is 5.88 Å². The maximum absolute atomic E-state index is 11.9. The van der Waals surface area contributed by atoms with E-state index in [1.54, 1.807) is 23.1 Å². The van der Waals surface area contributed by atoms with E-state index in [0.29, 0.717) is 25.5 Å². The van der Waals surface area contributed by atoms with Crippen LogP contribution in [0.25, 0.3) is 0 Å². The largest absolute Gasteiger partial charge is 0.473 e. The number of aromatic nitrogens is 3. The Morgan fingerprint density at radius 2 is 2.16 bits per heavy atom. The number of piperidine rings is 1. The molecule has 31 heavy (non-hydrogen) atoms. The van der Waals surface area contributed by atoms with Crippen LogP contribution >= 0.6 is 23.1 Å². The molecule has 0 spiro atoms. The van der Waals surface area contributed by atoms with Crippen molar-refractivity contribution in [2.24, 2.45) is 0 Å². The maximum atomic E-state index is 11.9. The van der Waals surface area contributed by atoms with Gasteiger partial charge in [0.25, 0.3) is 0 Å². The van der Waals surface area contributed by atoms with Crippen molar-refractivity contribution in [2.75, 3.05) is 32.0 Å². The zero-order chi connectivity index (χ0) is 21.7. The first kappa shape index (κ1) is 23.7. The number of aryl methyl sites for hydroxylation is 1. The molecule has 1 aliphatic heterocycles. The minimum Gasteiger partial charge on any atom is -0.473 e. The topological polar surface area (TPSA) is 80.2 Å². The van der Waals surface area contributed by atoms with Gasteiger partial charge in [0.2, 0.25) is 11.8 Å². The Labute approximate surface area is 192 Å². The van der Waals surface area contributed by atoms with Crippen LogP contribution in [0.2, 0.25) is 0 Å². The molecule has 0 saturated carbocycles. The highest BCUT2D eigenvalue weighted by atomic mass is 32.2. The van der Waals surface area contributed by atoms with E-state index in [-0.39, 0.29) is 5.91 Å². The summed E-state index contributed by atoms with van der Waals surface area (Å²) in [7, 11) is 0. The molecule has 7 nitrogen and oxygen atoms in total. The van der Waals surface area contributed by atoms with Crippen LogP contribution in [0.15, 0.2) is 34.8 Å². The van der Waals surface area contributed by atoms with E-state index in [0.717, 1.165) is 28.1 Å². The number of hydrogen-bond donors (Lipinski definition) is 1. The average molecular weight is 462 g/mol. The van der Waals surface area contributed by atoms with Gasteiger partial charge in [-0.15, -0.1) is 10.2 Å².